The van der Waals surface area contributed by atoms with Crippen molar-refractivity contribution >= 4 is 11.8 Å². The fourth-order valence-corrected chi connectivity index (χ4v) is 4.17. The van der Waals surface area contributed by atoms with E-state index in [9.17, 15) is 0 Å². The molecule has 1 aliphatic carbocycles. The van der Waals surface area contributed by atoms with Gasteiger partial charge in [-0.1, -0.05) is 0 Å². The normalized spacial score (nSPS) is 41.2. The van der Waals surface area contributed by atoms with Gasteiger partial charge in [0.25, 0.3) is 0 Å². The molecule has 2 aliphatic heterocycles. The topological polar surface area (TPSA) is 21.3 Å². The molecule has 3 rings (SSSR count). The zero-order valence-corrected chi connectivity index (χ0v) is 10.2. The van der Waals surface area contributed by atoms with Gasteiger partial charge in [-0.3, -0.25) is 0 Å². The van der Waals surface area contributed by atoms with E-state index in [2.05, 4.69) is 17.1 Å². The van der Waals surface area contributed by atoms with E-state index < -0.39 is 0 Å². The molecule has 1 saturated carbocycles. The van der Waals surface area contributed by atoms with Crippen LogP contribution in [0.4, 0.5) is 0 Å². The standard InChI is InChI=1S/C12H21NOS/c1-2-11(1)13-8-10-3-5-14-12(7-10)4-6-15-9-12/h10-11,13H,1-9H2. The van der Waals surface area contributed by atoms with Crippen molar-refractivity contribution in [1.82, 2.24) is 5.32 Å². The second-order valence-corrected chi connectivity index (χ2v) is 6.48. The highest BCUT2D eigenvalue weighted by molar-refractivity contribution is 7.99. The average molecular weight is 227 g/mol. The fraction of sp³-hybridized carbons (Fsp3) is 1.00. The van der Waals surface area contributed by atoms with Gasteiger partial charge in [-0.05, 0) is 50.3 Å². The van der Waals surface area contributed by atoms with Gasteiger partial charge in [0.05, 0.1) is 5.60 Å². The average Bonchev–Trinajstić information content (AvgIpc) is 2.99. The first-order valence-corrected chi connectivity index (χ1v) is 7.47. The molecular weight excluding hydrogens is 206 g/mol. The Kier molecular flexibility index (Phi) is 2.97. The molecule has 2 nitrogen and oxygen atoms in total. The highest BCUT2D eigenvalue weighted by Gasteiger charge is 2.40. The van der Waals surface area contributed by atoms with Crippen LogP contribution in [0.2, 0.25) is 0 Å². The fourth-order valence-electron chi connectivity index (χ4n) is 2.79. The number of ether oxygens (including phenoxy) is 1. The first-order valence-electron chi connectivity index (χ1n) is 6.31. The molecule has 0 aromatic heterocycles. The van der Waals surface area contributed by atoms with E-state index in [1.54, 1.807) is 0 Å². The molecule has 2 unspecified atom stereocenters. The number of thioether (sulfide) groups is 1. The predicted octanol–water partition coefficient (Wildman–Crippen LogP) is 2.04. The van der Waals surface area contributed by atoms with Crippen LogP contribution in [-0.2, 0) is 4.74 Å². The summed E-state index contributed by atoms with van der Waals surface area (Å²) in [7, 11) is 0. The summed E-state index contributed by atoms with van der Waals surface area (Å²) in [6.45, 7) is 2.23. The lowest BCUT2D eigenvalue weighted by molar-refractivity contribution is -0.0789. The quantitative estimate of drug-likeness (QED) is 0.797. The molecule has 3 heteroatoms. The SMILES string of the molecule is C1CC(CNC2CC2)CC2(CCSC2)O1. The first-order chi connectivity index (χ1) is 7.36. The largest absolute Gasteiger partial charge is 0.374 e. The highest BCUT2D eigenvalue weighted by atomic mass is 32.2. The van der Waals surface area contributed by atoms with E-state index in [1.165, 1.54) is 50.2 Å². The van der Waals surface area contributed by atoms with Crippen LogP contribution < -0.4 is 5.32 Å². The van der Waals surface area contributed by atoms with Gasteiger partial charge in [0.2, 0.25) is 0 Å². The summed E-state index contributed by atoms with van der Waals surface area (Å²) in [5.41, 5.74) is 0.277. The molecular formula is C12H21NOS. The van der Waals surface area contributed by atoms with Crippen LogP contribution in [0.3, 0.4) is 0 Å². The maximum Gasteiger partial charge on any atom is 0.0783 e. The Bertz CT molecular complexity index is 224. The lowest BCUT2D eigenvalue weighted by Gasteiger charge is -2.37. The lowest BCUT2D eigenvalue weighted by atomic mass is 9.85. The van der Waals surface area contributed by atoms with Crippen molar-refractivity contribution in [1.29, 1.82) is 0 Å². The van der Waals surface area contributed by atoms with Gasteiger partial charge in [0.15, 0.2) is 0 Å². The number of nitrogens with one attached hydrogen (secondary N) is 1. The Morgan fingerprint density at radius 3 is 3.00 bits per heavy atom. The highest BCUT2D eigenvalue weighted by Crippen LogP contribution is 2.40. The van der Waals surface area contributed by atoms with Crippen LogP contribution in [0.15, 0.2) is 0 Å². The van der Waals surface area contributed by atoms with E-state index in [1.807, 2.05) is 0 Å². The smallest absolute Gasteiger partial charge is 0.0783 e. The van der Waals surface area contributed by atoms with E-state index >= 15 is 0 Å². The molecule has 0 amide bonds. The van der Waals surface area contributed by atoms with Crippen molar-refractivity contribution in [2.24, 2.45) is 5.92 Å². The minimum atomic E-state index is 0.277. The van der Waals surface area contributed by atoms with Crippen molar-refractivity contribution in [3.63, 3.8) is 0 Å². The maximum atomic E-state index is 6.03. The molecule has 3 fully saturated rings. The number of hydrogen-bond donors (Lipinski definition) is 1. The van der Waals surface area contributed by atoms with Crippen molar-refractivity contribution in [2.75, 3.05) is 24.7 Å². The third-order valence-corrected chi connectivity index (χ3v) is 5.16. The van der Waals surface area contributed by atoms with E-state index in [4.69, 9.17) is 4.74 Å². The minimum Gasteiger partial charge on any atom is -0.374 e. The van der Waals surface area contributed by atoms with Crippen molar-refractivity contribution in [3.05, 3.63) is 0 Å². The molecule has 86 valence electrons. The van der Waals surface area contributed by atoms with Crippen LogP contribution in [-0.4, -0.2) is 36.3 Å². The molecule has 0 aromatic rings. The third kappa shape index (κ3) is 2.51. The number of rotatable bonds is 3. The minimum absolute atomic E-state index is 0.277. The van der Waals surface area contributed by atoms with Gasteiger partial charge in [0, 0.05) is 18.4 Å². The molecule has 2 atom stereocenters. The maximum absolute atomic E-state index is 6.03. The van der Waals surface area contributed by atoms with Gasteiger partial charge in [-0.15, -0.1) is 0 Å². The summed E-state index contributed by atoms with van der Waals surface area (Å²) >= 11 is 2.07. The summed E-state index contributed by atoms with van der Waals surface area (Å²) in [5, 5.41) is 3.67. The molecule has 0 bridgehead atoms. The Balaban J connectivity index is 1.51. The van der Waals surface area contributed by atoms with Gasteiger partial charge < -0.3 is 10.1 Å². The molecule has 2 saturated heterocycles. The first kappa shape index (κ1) is 10.4. The summed E-state index contributed by atoms with van der Waals surface area (Å²) in [6.07, 6.45) is 6.68. The monoisotopic (exact) mass is 227 g/mol. The van der Waals surface area contributed by atoms with Crippen molar-refractivity contribution in [3.8, 4) is 0 Å². The zero-order valence-electron chi connectivity index (χ0n) is 9.34. The third-order valence-electron chi connectivity index (χ3n) is 3.93. The predicted molar refractivity (Wildman–Crippen MR) is 64.4 cm³/mol. The molecule has 0 radical (unpaired) electrons. The summed E-state index contributed by atoms with van der Waals surface area (Å²) in [5.74, 6) is 3.42. The summed E-state index contributed by atoms with van der Waals surface area (Å²) < 4.78 is 6.03. The van der Waals surface area contributed by atoms with Crippen molar-refractivity contribution < 1.29 is 4.74 Å². The van der Waals surface area contributed by atoms with Crippen LogP contribution in [0, 0.1) is 5.92 Å². The van der Waals surface area contributed by atoms with E-state index in [-0.39, 0.29) is 5.60 Å². The lowest BCUT2D eigenvalue weighted by Crippen LogP contribution is -2.42. The van der Waals surface area contributed by atoms with Crippen LogP contribution in [0.1, 0.15) is 32.1 Å². The van der Waals surface area contributed by atoms with Crippen LogP contribution in [0.25, 0.3) is 0 Å². The van der Waals surface area contributed by atoms with Gasteiger partial charge in [-0.25, -0.2) is 0 Å². The van der Waals surface area contributed by atoms with Gasteiger partial charge >= 0.3 is 0 Å². The zero-order chi connectivity index (χ0) is 10.1. The Labute approximate surface area is 96.5 Å². The van der Waals surface area contributed by atoms with Gasteiger partial charge in [0.1, 0.15) is 0 Å². The Hall–Kier alpha value is 0.270. The van der Waals surface area contributed by atoms with Crippen molar-refractivity contribution in [2.45, 2.75) is 43.7 Å². The molecule has 1 N–H and O–H groups in total. The second kappa shape index (κ2) is 4.27. The summed E-state index contributed by atoms with van der Waals surface area (Å²) in [6, 6.07) is 0.863. The van der Waals surface area contributed by atoms with Crippen LogP contribution >= 0.6 is 11.8 Å². The van der Waals surface area contributed by atoms with Gasteiger partial charge in [-0.2, -0.15) is 11.8 Å². The van der Waals surface area contributed by atoms with E-state index in [0.29, 0.717) is 0 Å². The Morgan fingerprint density at radius 2 is 2.27 bits per heavy atom. The number of hydrogen-bond acceptors (Lipinski definition) is 3. The summed E-state index contributed by atoms with van der Waals surface area (Å²) in [4.78, 5) is 0. The van der Waals surface area contributed by atoms with E-state index in [0.717, 1.165) is 18.6 Å². The molecule has 0 aromatic carbocycles. The van der Waals surface area contributed by atoms with Crippen LogP contribution in [0.5, 0.6) is 0 Å². The Morgan fingerprint density at radius 1 is 1.33 bits per heavy atom. The molecule has 1 spiro atoms. The molecule has 3 aliphatic rings. The molecule has 15 heavy (non-hydrogen) atoms. The molecule has 2 heterocycles. The second-order valence-electron chi connectivity index (χ2n) is 5.38.